The minimum absolute atomic E-state index is 0.258. The Hall–Kier alpha value is -2.46. The summed E-state index contributed by atoms with van der Waals surface area (Å²) in [7, 11) is 0. The van der Waals surface area contributed by atoms with E-state index in [4.69, 9.17) is 11.5 Å². The van der Waals surface area contributed by atoms with E-state index in [-0.39, 0.29) is 12.2 Å². The van der Waals surface area contributed by atoms with Crippen molar-refractivity contribution in [1.29, 1.82) is 0 Å². The third-order valence-electron chi connectivity index (χ3n) is 4.33. The fraction of sp³-hybridized carbons (Fsp3) is 0.300. The Bertz CT molecular complexity index is 646. The molecular formula is C20H24N2O2. The van der Waals surface area contributed by atoms with Crippen molar-refractivity contribution in [3.63, 3.8) is 0 Å². The molecule has 126 valence electrons. The largest absolute Gasteiger partial charge is 0.368 e. The average Bonchev–Trinajstić information content (AvgIpc) is 2.61. The van der Waals surface area contributed by atoms with E-state index in [1.165, 1.54) is 0 Å². The monoisotopic (exact) mass is 324 g/mol. The van der Waals surface area contributed by atoms with Crippen LogP contribution in [0.25, 0.3) is 0 Å². The average molecular weight is 324 g/mol. The molecule has 0 spiro atoms. The Morgan fingerprint density at radius 1 is 0.958 bits per heavy atom. The molecule has 24 heavy (non-hydrogen) atoms. The third-order valence-corrected chi connectivity index (χ3v) is 4.33. The van der Waals surface area contributed by atoms with Gasteiger partial charge < -0.3 is 11.5 Å². The molecule has 0 fully saturated rings. The molecule has 4 nitrogen and oxygen atoms in total. The Labute approximate surface area is 142 Å². The molecule has 0 saturated carbocycles. The van der Waals surface area contributed by atoms with Gasteiger partial charge in [-0.2, -0.15) is 0 Å². The van der Waals surface area contributed by atoms with Gasteiger partial charge >= 0.3 is 0 Å². The molecule has 0 aromatic heterocycles. The number of unbranched alkanes of at least 4 members (excludes halogenated alkanes) is 1. The van der Waals surface area contributed by atoms with Gasteiger partial charge in [0.15, 0.2) is 11.3 Å². The van der Waals surface area contributed by atoms with Crippen LogP contribution in [-0.2, 0) is 9.59 Å². The molecule has 0 aliphatic rings. The molecular weight excluding hydrogens is 300 g/mol. The smallest absolute Gasteiger partial charge is 0.245 e. The van der Waals surface area contributed by atoms with Crippen LogP contribution in [0, 0.1) is 0 Å². The van der Waals surface area contributed by atoms with Crippen LogP contribution in [0.3, 0.4) is 0 Å². The normalized spacial score (nSPS) is 13.5. The fourth-order valence-corrected chi connectivity index (χ4v) is 2.87. The van der Waals surface area contributed by atoms with Crippen molar-refractivity contribution < 1.29 is 9.59 Å². The van der Waals surface area contributed by atoms with Crippen molar-refractivity contribution in [2.24, 2.45) is 11.5 Å². The number of rotatable bonds is 8. The first-order valence-corrected chi connectivity index (χ1v) is 8.23. The van der Waals surface area contributed by atoms with Crippen LogP contribution in [0.4, 0.5) is 0 Å². The number of hydrogen-bond acceptors (Lipinski definition) is 3. The topological polar surface area (TPSA) is 86.2 Å². The van der Waals surface area contributed by atoms with Crippen molar-refractivity contribution >= 4 is 11.7 Å². The molecule has 0 heterocycles. The molecule has 0 radical (unpaired) electrons. The van der Waals surface area contributed by atoms with Crippen LogP contribution in [0.15, 0.2) is 60.7 Å². The lowest BCUT2D eigenvalue weighted by atomic mass is 9.76. The van der Waals surface area contributed by atoms with E-state index >= 15 is 0 Å². The van der Waals surface area contributed by atoms with Crippen molar-refractivity contribution in [3.8, 4) is 0 Å². The van der Waals surface area contributed by atoms with Crippen molar-refractivity contribution in [3.05, 3.63) is 71.8 Å². The molecule has 0 aliphatic heterocycles. The van der Waals surface area contributed by atoms with E-state index in [9.17, 15) is 9.59 Å². The summed E-state index contributed by atoms with van der Waals surface area (Å²) in [4.78, 5) is 25.3. The number of primary amides is 1. The molecule has 0 bridgehead atoms. The van der Waals surface area contributed by atoms with Crippen LogP contribution in [0.2, 0.25) is 0 Å². The predicted octanol–water partition coefficient (Wildman–Crippen LogP) is 2.76. The quantitative estimate of drug-likeness (QED) is 0.732. The number of nitrogens with two attached hydrogens (primary N) is 2. The number of carbonyl (C=O) groups excluding carboxylic acids is 2. The first kappa shape index (κ1) is 17.9. The number of carbonyl (C=O) groups is 2. The zero-order valence-electron chi connectivity index (χ0n) is 13.9. The molecule has 4 N–H and O–H groups in total. The van der Waals surface area contributed by atoms with Crippen LogP contribution in [0.1, 0.15) is 43.2 Å². The van der Waals surface area contributed by atoms with Gasteiger partial charge in [-0.3, -0.25) is 9.59 Å². The molecule has 0 unspecified atom stereocenters. The Balaban J connectivity index is 2.50. The highest BCUT2D eigenvalue weighted by molar-refractivity contribution is 6.13. The minimum Gasteiger partial charge on any atom is -0.368 e. The maximum atomic E-state index is 13.3. The van der Waals surface area contributed by atoms with Gasteiger partial charge in [-0.1, -0.05) is 80.4 Å². The lowest BCUT2D eigenvalue weighted by Gasteiger charge is -2.29. The Morgan fingerprint density at radius 2 is 1.42 bits per heavy atom. The molecule has 2 aromatic rings. The van der Waals surface area contributed by atoms with E-state index in [1.807, 2.05) is 67.6 Å². The molecule has 2 rings (SSSR count). The molecule has 0 aliphatic carbocycles. The van der Waals surface area contributed by atoms with Crippen LogP contribution in [0.5, 0.6) is 0 Å². The number of amides is 1. The number of benzene rings is 2. The summed E-state index contributed by atoms with van der Waals surface area (Å²) in [6.07, 6.45) is 1.76. The maximum Gasteiger partial charge on any atom is 0.245 e. The summed E-state index contributed by atoms with van der Waals surface area (Å²) >= 11 is 0. The Kier molecular flexibility index (Phi) is 5.88. The summed E-state index contributed by atoms with van der Waals surface area (Å²) in [5, 5.41) is 0. The number of ketones is 1. The third kappa shape index (κ3) is 3.71. The van der Waals surface area contributed by atoms with Crippen LogP contribution < -0.4 is 11.5 Å². The first-order chi connectivity index (χ1) is 11.5. The van der Waals surface area contributed by atoms with E-state index < -0.39 is 17.4 Å². The zero-order chi connectivity index (χ0) is 17.6. The summed E-state index contributed by atoms with van der Waals surface area (Å²) in [5.41, 5.74) is 11.7. The Morgan fingerprint density at radius 3 is 1.79 bits per heavy atom. The second kappa shape index (κ2) is 7.88. The fourth-order valence-electron chi connectivity index (χ4n) is 2.87. The van der Waals surface area contributed by atoms with Crippen molar-refractivity contribution in [2.75, 3.05) is 0 Å². The highest BCUT2D eigenvalue weighted by atomic mass is 16.2. The second-order valence-electron chi connectivity index (χ2n) is 6.06. The van der Waals surface area contributed by atoms with E-state index in [0.29, 0.717) is 6.42 Å². The van der Waals surface area contributed by atoms with Gasteiger partial charge in [0.1, 0.15) is 0 Å². The van der Waals surface area contributed by atoms with E-state index in [1.54, 1.807) is 0 Å². The van der Waals surface area contributed by atoms with Gasteiger partial charge in [0.2, 0.25) is 5.91 Å². The maximum absolute atomic E-state index is 13.3. The lowest BCUT2D eigenvalue weighted by Crippen LogP contribution is -2.59. The standard InChI is InChI=1S/C20H24N2O2/c1-2-3-14-20(22,19(21)24)18(23)17(15-10-6-4-7-11-15)16-12-8-5-9-13-16/h4-13,17H,2-3,14,22H2,1H3,(H2,21,24)/t20-/m1/s1. The van der Waals surface area contributed by atoms with Crippen LogP contribution >= 0.6 is 0 Å². The van der Waals surface area contributed by atoms with Crippen molar-refractivity contribution in [2.45, 2.75) is 37.6 Å². The molecule has 0 saturated heterocycles. The highest BCUT2D eigenvalue weighted by Gasteiger charge is 2.44. The first-order valence-electron chi connectivity index (χ1n) is 8.23. The van der Waals surface area contributed by atoms with Gasteiger partial charge in [-0.15, -0.1) is 0 Å². The molecule has 4 heteroatoms. The van der Waals surface area contributed by atoms with Crippen molar-refractivity contribution in [1.82, 2.24) is 0 Å². The summed E-state index contributed by atoms with van der Waals surface area (Å²) < 4.78 is 0. The second-order valence-corrected chi connectivity index (χ2v) is 6.06. The number of hydrogen-bond donors (Lipinski definition) is 2. The predicted molar refractivity (Wildman–Crippen MR) is 95.4 cm³/mol. The highest BCUT2D eigenvalue weighted by Crippen LogP contribution is 2.30. The summed E-state index contributed by atoms with van der Waals surface area (Å²) in [5.74, 6) is -1.72. The van der Waals surface area contributed by atoms with E-state index in [0.717, 1.165) is 17.5 Å². The van der Waals surface area contributed by atoms with Gasteiger partial charge in [0, 0.05) is 0 Å². The lowest BCUT2D eigenvalue weighted by molar-refractivity contribution is -0.134. The molecule has 1 atom stereocenters. The molecule has 2 aromatic carbocycles. The SMILES string of the molecule is CCCC[C@](N)(C(N)=O)C(=O)C(c1ccccc1)c1ccccc1. The van der Waals surface area contributed by atoms with Gasteiger partial charge in [-0.05, 0) is 17.5 Å². The van der Waals surface area contributed by atoms with Gasteiger partial charge in [-0.25, -0.2) is 0 Å². The van der Waals surface area contributed by atoms with E-state index in [2.05, 4.69) is 0 Å². The number of Topliss-reactive ketones (excluding diaryl/α,β-unsaturated/α-hetero) is 1. The minimum atomic E-state index is -1.66. The summed E-state index contributed by atoms with van der Waals surface area (Å²) in [6, 6.07) is 18.7. The summed E-state index contributed by atoms with van der Waals surface area (Å²) in [6.45, 7) is 1.98. The molecule has 1 amide bonds. The van der Waals surface area contributed by atoms with Gasteiger partial charge in [0.05, 0.1) is 5.92 Å². The van der Waals surface area contributed by atoms with Crippen LogP contribution in [-0.4, -0.2) is 17.2 Å². The van der Waals surface area contributed by atoms with Gasteiger partial charge in [0.25, 0.3) is 0 Å². The zero-order valence-corrected chi connectivity index (χ0v) is 13.9.